The third-order valence-electron chi connectivity index (χ3n) is 3.28. The number of carbonyl (C=O) groups is 1. The zero-order valence-corrected chi connectivity index (χ0v) is 12.6. The van der Waals surface area contributed by atoms with Crippen LogP contribution >= 0.6 is 0 Å². The summed E-state index contributed by atoms with van der Waals surface area (Å²) in [5, 5.41) is 14.5. The Bertz CT molecular complexity index is 406. The maximum atomic E-state index is 11.6. The summed E-state index contributed by atoms with van der Waals surface area (Å²) in [5.74, 6) is 1.61. The van der Waals surface area contributed by atoms with Crippen molar-refractivity contribution in [2.45, 2.75) is 33.7 Å². The van der Waals surface area contributed by atoms with Gasteiger partial charge in [0.15, 0.2) is 0 Å². The molecule has 114 valence electrons. The molecule has 0 radical (unpaired) electrons. The van der Waals surface area contributed by atoms with Gasteiger partial charge in [-0.25, -0.2) is 9.78 Å². The van der Waals surface area contributed by atoms with Crippen LogP contribution in [0.3, 0.4) is 0 Å². The maximum Gasteiger partial charge on any atom is 0.314 e. The van der Waals surface area contributed by atoms with Gasteiger partial charge in [-0.15, -0.1) is 0 Å². The molecule has 2 amide bonds. The largest absolute Gasteiger partial charge is 0.396 e. The molecule has 6 nitrogen and oxygen atoms in total. The van der Waals surface area contributed by atoms with Crippen LogP contribution in [-0.4, -0.2) is 40.4 Å². The first-order valence-corrected chi connectivity index (χ1v) is 7.13. The minimum absolute atomic E-state index is 0.149. The van der Waals surface area contributed by atoms with Gasteiger partial charge in [0, 0.05) is 38.6 Å². The quantitative estimate of drug-likeness (QED) is 0.669. The molecule has 1 heterocycles. The third kappa shape index (κ3) is 6.06. The van der Waals surface area contributed by atoms with Gasteiger partial charge in [-0.05, 0) is 25.2 Å². The lowest BCUT2D eigenvalue weighted by Crippen LogP contribution is -2.40. The van der Waals surface area contributed by atoms with Crippen LogP contribution < -0.4 is 10.6 Å². The van der Waals surface area contributed by atoms with Gasteiger partial charge in [0.25, 0.3) is 0 Å². The van der Waals surface area contributed by atoms with Crippen molar-refractivity contribution in [3.63, 3.8) is 0 Å². The Morgan fingerprint density at radius 2 is 2.00 bits per heavy atom. The third-order valence-corrected chi connectivity index (χ3v) is 3.28. The molecule has 3 N–H and O–H groups in total. The van der Waals surface area contributed by atoms with Crippen LogP contribution in [0.5, 0.6) is 0 Å². The molecule has 0 saturated heterocycles. The topological polar surface area (TPSA) is 79.2 Å². The lowest BCUT2D eigenvalue weighted by molar-refractivity contribution is 0.232. The summed E-state index contributed by atoms with van der Waals surface area (Å²) in [7, 11) is 0. The van der Waals surface area contributed by atoms with Gasteiger partial charge >= 0.3 is 6.03 Å². The molecule has 0 bridgehead atoms. The highest BCUT2D eigenvalue weighted by Gasteiger charge is 2.08. The van der Waals surface area contributed by atoms with Crippen LogP contribution in [0.4, 0.5) is 4.79 Å². The highest BCUT2D eigenvalue weighted by Crippen LogP contribution is 2.02. The molecule has 2 unspecified atom stereocenters. The molecule has 1 aromatic heterocycles. The van der Waals surface area contributed by atoms with Crippen molar-refractivity contribution in [3.05, 3.63) is 18.2 Å². The van der Waals surface area contributed by atoms with Crippen LogP contribution in [-0.2, 0) is 6.54 Å². The molecule has 1 aromatic rings. The SMILES string of the molecule is Cc1nccn1CC(C)CNC(=O)NCC(C)CCO. The average molecular weight is 282 g/mol. The molecule has 0 fully saturated rings. The van der Waals surface area contributed by atoms with E-state index in [1.54, 1.807) is 6.20 Å². The minimum atomic E-state index is -0.149. The van der Waals surface area contributed by atoms with E-state index in [9.17, 15) is 4.79 Å². The van der Waals surface area contributed by atoms with E-state index in [4.69, 9.17) is 5.11 Å². The highest BCUT2D eigenvalue weighted by molar-refractivity contribution is 5.73. The number of nitrogens with one attached hydrogen (secondary N) is 2. The first kappa shape index (κ1) is 16.5. The fourth-order valence-electron chi connectivity index (χ4n) is 1.92. The summed E-state index contributed by atoms with van der Waals surface area (Å²) in [6.45, 7) is 8.27. The number of aliphatic hydroxyl groups is 1. The van der Waals surface area contributed by atoms with Gasteiger partial charge in [-0.1, -0.05) is 13.8 Å². The Morgan fingerprint density at radius 1 is 1.35 bits per heavy atom. The molecule has 6 heteroatoms. The molecular formula is C14H26N4O2. The molecule has 0 aliphatic rings. The number of aliphatic hydroxyl groups excluding tert-OH is 1. The number of amides is 2. The number of carbonyl (C=O) groups excluding carboxylic acids is 1. The molecule has 1 rings (SSSR count). The lowest BCUT2D eigenvalue weighted by Gasteiger charge is -2.16. The average Bonchev–Trinajstić information content (AvgIpc) is 2.80. The molecule has 0 spiro atoms. The van der Waals surface area contributed by atoms with E-state index in [0.717, 1.165) is 12.4 Å². The van der Waals surface area contributed by atoms with E-state index in [1.807, 2.05) is 20.0 Å². The summed E-state index contributed by atoms with van der Waals surface area (Å²) in [4.78, 5) is 15.8. The second kappa shape index (κ2) is 8.58. The number of hydrogen-bond donors (Lipinski definition) is 3. The molecule has 0 saturated carbocycles. The zero-order valence-electron chi connectivity index (χ0n) is 12.6. The second-order valence-electron chi connectivity index (χ2n) is 5.44. The second-order valence-corrected chi connectivity index (χ2v) is 5.44. The summed E-state index contributed by atoms with van der Waals surface area (Å²) in [6.07, 6.45) is 4.43. The van der Waals surface area contributed by atoms with Crippen molar-refractivity contribution in [1.82, 2.24) is 20.2 Å². The fourth-order valence-corrected chi connectivity index (χ4v) is 1.92. The molecule has 0 aromatic carbocycles. The van der Waals surface area contributed by atoms with Crippen LogP contribution in [0.1, 0.15) is 26.1 Å². The van der Waals surface area contributed by atoms with E-state index >= 15 is 0 Å². The molecular weight excluding hydrogens is 256 g/mol. The first-order chi connectivity index (χ1) is 9.52. The van der Waals surface area contributed by atoms with Crippen LogP contribution in [0, 0.1) is 18.8 Å². The Morgan fingerprint density at radius 3 is 2.55 bits per heavy atom. The van der Waals surface area contributed by atoms with Gasteiger partial charge in [-0.3, -0.25) is 0 Å². The number of rotatable bonds is 8. The Balaban J connectivity index is 2.19. The Hall–Kier alpha value is -1.56. The predicted octanol–water partition coefficient (Wildman–Crippen LogP) is 1.15. The smallest absolute Gasteiger partial charge is 0.314 e. The summed E-state index contributed by atoms with van der Waals surface area (Å²) < 4.78 is 2.08. The summed E-state index contributed by atoms with van der Waals surface area (Å²) >= 11 is 0. The molecule has 0 aliphatic carbocycles. The van der Waals surface area contributed by atoms with Crippen molar-refractivity contribution in [2.75, 3.05) is 19.7 Å². The van der Waals surface area contributed by atoms with E-state index in [1.165, 1.54) is 0 Å². The first-order valence-electron chi connectivity index (χ1n) is 7.13. The van der Waals surface area contributed by atoms with E-state index in [0.29, 0.717) is 25.4 Å². The minimum Gasteiger partial charge on any atom is -0.396 e. The van der Waals surface area contributed by atoms with Gasteiger partial charge in [0.2, 0.25) is 0 Å². The monoisotopic (exact) mass is 282 g/mol. The Labute approximate surface area is 120 Å². The standard InChI is InChI=1S/C14H26N4O2/c1-11(4-7-19)8-16-14(20)17-9-12(2)10-18-6-5-15-13(18)3/h5-6,11-12,19H,4,7-10H2,1-3H3,(H2,16,17,20). The number of nitrogens with zero attached hydrogens (tertiary/aromatic N) is 2. The number of urea groups is 1. The summed E-state index contributed by atoms with van der Waals surface area (Å²) in [5.41, 5.74) is 0. The van der Waals surface area contributed by atoms with Crippen molar-refractivity contribution < 1.29 is 9.90 Å². The van der Waals surface area contributed by atoms with Crippen LogP contribution in [0.25, 0.3) is 0 Å². The normalized spacial score (nSPS) is 13.8. The maximum absolute atomic E-state index is 11.6. The molecule has 0 aliphatic heterocycles. The number of imidazole rings is 1. The zero-order chi connectivity index (χ0) is 15.0. The highest BCUT2D eigenvalue weighted by atomic mass is 16.3. The number of aryl methyl sites for hydroxylation is 1. The van der Waals surface area contributed by atoms with Gasteiger partial charge in [-0.2, -0.15) is 0 Å². The van der Waals surface area contributed by atoms with E-state index in [-0.39, 0.29) is 18.6 Å². The van der Waals surface area contributed by atoms with Gasteiger partial charge < -0.3 is 20.3 Å². The van der Waals surface area contributed by atoms with Crippen LogP contribution in [0.15, 0.2) is 12.4 Å². The Kier molecular flexibility index (Phi) is 7.08. The lowest BCUT2D eigenvalue weighted by atomic mass is 10.1. The van der Waals surface area contributed by atoms with Crippen molar-refractivity contribution in [2.24, 2.45) is 11.8 Å². The van der Waals surface area contributed by atoms with Crippen molar-refractivity contribution in [1.29, 1.82) is 0 Å². The van der Waals surface area contributed by atoms with E-state index < -0.39 is 0 Å². The molecule has 2 atom stereocenters. The van der Waals surface area contributed by atoms with Gasteiger partial charge in [0.05, 0.1) is 0 Å². The number of hydrogen-bond acceptors (Lipinski definition) is 3. The predicted molar refractivity (Wildman–Crippen MR) is 78.4 cm³/mol. The summed E-state index contributed by atoms with van der Waals surface area (Å²) in [6, 6.07) is -0.149. The van der Waals surface area contributed by atoms with Crippen molar-refractivity contribution >= 4 is 6.03 Å². The number of aromatic nitrogens is 2. The van der Waals surface area contributed by atoms with E-state index in [2.05, 4.69) is 27.1 Å². The molecule has 20 heavy (non-hydrogen) atoms. The van der Waals surface area contributed by atoms with Crippen LogP contribution in [0.2, 0.25) is 0 Å². The van der Waals surface area contributed by atoms with Crippen molar-refractivity contribution in [3.8, 4) is 0 Å². The fraction of sp³-hybridized carbons (Fsp3) is 0.714. The van der Waals surface area contributed by atoms with Gasteiger partial charge in [0.1, 0.15) is 5.82 Å².